The van der Waals surface area contributed by atoms with Gasteiger partial charge in [-0.1, -0.05) is 29.8 Å². The van der Waals surface area contributed by atoms with E-state index in [2.05, 4.69) is 53.2 Å². The molecule has 3 nitrogen and oxygen atoms in total. The zero-order valence-corrected chi connectivity index (χ0v) is 12.6. The normalized spacial score (nSPS) is 20.6. The van der Waals surface area contributed by atoms with E-state index in [0.717, 1.165) is 6.54 Å². The summed E-state index contributed by atoms with van der Waals surface area (Å²) in [7, 11) is 0. The minimum absolute atomic E-state index is 0.297. The summed E-state index contributed by atoms with van der Waals surface area (Å²) in [4.78, 5) is 6.69. The van der Waals surface area contributed by atoms with Crippen molar-refractivity contribution in [3.8, 4) is 0 Å². The Bertz CT molecular complexity index is 565. The topological polar surface area (TPSA) is 42.1 Å². The first-order valence-electron chi connectivity index (χ1n) is 7.72. The lowest BCUT2D eigenvalue weighted by Crippen LogP contribution is -2.33. The van der Waals surface area contributed by atoms with Gasteiger partial charge >= 0.3 is 0 Å². The fraction of sp³-hybridized carbons (Fsp3) is 0.389. The monoisotopic (exact) mass is 281 g/mol. The Hall–Kier alpha value is -1.71. The third-order valence-electron chi connectivity index (χ3n) is 4.47. The molecule has 2 unspecified atom stereocenters. The maximum Gasteiger partial charge on any atom is 0.0476 e. The largest absolute Gasteiger partial charge is 0.329 e. The molecule has 2 aromatic rings. The lowest BCUT2D eigenvalue weighted by molar-refractivity contribution is 0.185. The molecule has 1 aromatic heterocycles. The zero-order chi connectivity index (χ0) is 14.7. The average Bonchev–Trinajstić information content (AvgIpc) is 3.00. The number of nitrogens with zero attached hydrogens (tertiary/aromatic N) is 2. The molecule has 0 bridgehead atoms. The molecule has 1 aromatic carbocycles. The van der Waals surface area contributed by atoms with Gasteiger partial charge in [-0.3, -0.25) is 9.88 Å². The predicted octanol–water partition coefficient (Wildman–Crippen LogP) is 3.23. The minimum Gasteiger partial charge on any atom is -0.329 e. The van der Waals surface area contributed by atoms with Gasteiger partial charge in [0.1, 0.15) is 0 Å². The van der Waals surface area contributed by atoms with Crippen LogP contribution >= 0.6 is 0 Å². The van der Waals surface area contributed by atoms with Crippen molar-refractivity contribution >= 4 is 0 Å². The molecule has 1 fully saturated rings. The molecular formula is C18H23N3. The highest BCUT2D eigenvalue weighted by Crippen LogP contribution is 2.38. The standard InChI is InChI=1S/C18H23N3/c1-14-4-6-15(7-5-14)18(13-19)21-12-2-3-17(21)16-8-10-20-11-9-16/h4-11,17-18H,2-3,12-13,19H2,1H3. The van der Waals surface area contributed by atoms with Crippen LogP contribution in [0.3, 0.4) is 0 Å². The van der Waals surface area contributed by atoms with E-state index in [9.17, 15) is 0 Å². The Labute approximate surface area is 126 Å². The summed E-state index contributed by atoms with van der Waals surface area (Å²) in [6.45, 7) is 3.89. The van der Waals surface area contributed by atoms with Crippen molar-refractivity contribution in [3.05, 3.63) is 65.5 Å². The van der Waals surface area contributed by atoms with Gasteiger partial charge in [-0.25, -0.2) is 0 Å². The van der Waals surface area contributed by atoms with Crippen molar-refractivity contribution in [1.29, 1.82) is 0 Å². The molecule has 21 heavy (non-hydrogen) atoms. The van der Waals surface area contributed by atoms with Crippen molar-refractivity contribution in [1.82, 2.24) is 9.88 Å². The summed E-state index contributed by atoms with van der Waals surface area (Å²) in [6, 6.07) is 13.8. The van der Waals surface area contributed by atoms with Crippen molar-refractivity contribution in [2.24, 2.45) is 5.73 Å². The molecule has 110 valence electrons. The minimum atomic E-state index is 0.297. The third-order valence-corrected chi connectivity index (χ3v) is 4.47. The lowest BCUT2D eigenvalue weighted by atomic mass is 10.00. The molecule has 2 atom stereocenters. The van der Waals surface area contributed by atoms with Gasteiger partial charge in [-0.2, -0.15) is 0 Å². The molecule has 0 saturated carbocycles. The lowest BCUT2D eigenvalue weighted by Gasteiger charge is -2.33. The van der Waals surface area contributed by atoms with E-state index in [1.165, 1.54) is 29.5 Å². The van der Waals surface area contributed by atoms with Gasteiger partial charge in [0.05, 0.1) is 0 Å². The van der Waals surface area contributed by atoms with Crippen LogP contribution in [0.1, 0.15) is 41.6 Å². The summed E-state index contributed by atoms with van der Waals surface area (Å²) in [5.74, 6) is 0. The Kier molecular flexibility index (Phi) is 4.32. The van der Waals surface area contributed by atoms with Gasteiger partial charge in [0, 0.05) is 31.0 Å². The van der Waals surface area contributed by atoms with Gasteiger partial charge in [-0.05, 0) is 49.6 Å². The first-order chi connectivity index (χ1) is 10.3. The summed E-state index contributed by atoms with van der Waals surface area (Å²) in [5, 5.41) is 0. The SMILES string of the molecule is Cc1ccc(C(CN)N2CCCC2c2ccncc2)cc1. The first-order valence-corrected chi connectivity index (χ1v) is 7.72. The van der Waals surface area contributed by atoms with Gasteiger partial charge in [-0.15, -0.1) is 0 Å². The first kappa shape index (κ1) is 14.2. The molecular weight excluding hydrogens is 258 g/mol. The number of hydrogen-bond donors (Lipinski definition) is 1. The van der Waals surface area contributed by atoms with E-state index in [1.807, 2.05) is 12.4 Å². The van der Waals surface area contributed by atoms with E-state index >= 15 is 0 Å². The summed E-state index contributed by atoms with van der Waals surface area (Å²) >= 11 is 0. The maximum atomic E-state index is 6.11. The van der Waals surface area contributed by atoms with E-state index in [4.69, 9.17) is 5.73 Å². The third kappa shape index (κ3) is 2.99. The molecule has 1 saturated heterocycles. The smallest absolute Gasteiger partial charge is 0.0476 e. The summed E-state index contributed by atoms with van der Waals surface area (Å²) < 4.78 is 0. The van der Waals surface area contributed by atoms with Crippen LogP contribution in [-0.4, -0.2) is 23.0 Å². The van der Waals surface area contributed by atoms with Crippen molar-refractivity contribution in [3.63, 3.8) is 0 Å². The summed E-state index contributed by atoms with van der Waals surface area (Å²) in [6.07, 6.45) is 6.20. The number of nitrogens with two attached hydrogens (primary N) is 1. The second-order valence-electron chi connectivity index (χ2n) is 5.84. The number of likely N-dealkylation sites (tertiary alicyclic amines) is 1. The van der Waals surface area contributed by atoms with Crippen LogP contribution < -0.4 is 5.73 Å². The predicted molar refractivity (Wildman–Crippen MR) is 85.9 cm³/mol. The van der Waals surface area contributed by atoms with Crippen LogP contribution in [0.4, 0.5) is 0 Å². The van der Waals surface area contributed by atoms with Crippen LogP contribution in [0.15, 0.2) is 48.8 Å². The summed E-state index contributed by atoms with van der Waals surface area (Å²) in [5.41, 5.74) is 10.1. The van der Waals surface area contributed by atoms with Crippen LogP contribution in [0.2, 0.25) is 0 Å². The fourth-order valence-electron chi connectivity index (χ4n) is 3.36. The molecule has 3 heteroatoms. The van der Waals surface area contributed by atoms with Crippen molar-refractivity contribution in [2.45, 2.75) is 31.8 Å². The van der Waals surface area contributed by atoms with Crippen LogP contribution in [0, 0.1) is 6.92 Å². The van der Waals surface area contributed by atoms with Gasteiger partial charge < -0.3 is 5.73 Å². The number of benzene rings is 1. The molecule has 2 N–H and O–H groups in total. The molecule has 3 rings (SSSR count). The van der Waals surface area contributed by atoms with Crippen molar-refractivity contribution < 1.29 is 0 Å². The van der Waals surface area contributed by atoms with Crippen molar-refractivity contribution in [2.75, 3.05) is 13.1 Å². The molecule has 0 radical (unpaired) electrons. The molecule has 1 aliphatic heterocycles. The fourth-order valence-corrected chi connectivity index (χ4v) is 3.36. The Balaban J connectivity index is 1.87. The van der Waals surface area contributed by atoms with Gasteiger partial charge in [0.2, 0.25) is 0 Å². The van der Waals surface area contributed by atoms with Gasteiger partial charge in [0.25, 0.3) is 0 Å². The van der Waals surface area contributed by atoms with Crippen LogP contribution in [0.25, 0.3) is 0 Å². The number of hydrogen-bond acceptors (Lipinski definition) is 3. The number of rotatable bonds is 4. The van der Waals surface area contributed by atoms with E-state index < -0.39 is 0 Å². The Morgan fingerprint density at radius 3 is 2.57 bits per heavy atom. The zero-order valence-electron chi connectivity index (χ0n) is 12.6. The quantitative estimate of drug-likeness (QED) is 0.935. The van der Waals surface area contributed by atoms with Crippen LogP contribution in [-0.2, 0) is 0 Å². The molecule has 1 aliphatic rings. The van der Waals surface area contributed by atoms with E-state index in [1.54, 1.807) is 0 Å². The highest BCUT2D eigenvalue weighted by molar-refractivity contribution is 5.26. The molecule has 0 aliphatic carbocycles. The second-order valence-corrected chi connectivity index (χ2v) is 5.84. The molecule has 0 amide bonds. The highest BCUT2D eigenvalue weighted by atomic mass is 15.2. The van der Waals surface area contributed by atoms with Crippen LogP contribution in [0.5, 0.6) is 0 Å². The number of pyridine rings is 1. The van der Waals surface area contributed by atoms with E-state index in [0.29, 0.717) is 18.6 Å². The average molecular weight is 281 g/mol. The maximum absolute atomic E-state index is 6.11. The van der Waals surface area contributed by atoms with E-state index in [-0.39, 0.29) is 0 Å². The number of aromatic nitrogens is 1. The number of aryl methyl sites for hydroxylation is 1. The molecule has 0 spiro atoms. The van der Waals surface area contributed by atoms with Gasteiger partial charge in [0.15, 0.2) is 0 Å². The Morgan fingerprint density at radius 1 is 1.19 bits per heavy atom. The Morgan fingerprint density at radius 2 is 1.90 bits per heavy atom. The molecule has 2 heterocycles. The highest BCUT2D eigenvalue weighted by Gasteiger charge is 2.31. The second kappa shape index (κ2) is 6.37.